The van der Waals surface area contributed by atoms with Gasteiger partial charge in [-0.3, -0.25) is 19.9 Å². The summed E-state index contributed by atoms with van der Waals surface area (Å²) in [4.78, 5) is 27.5. The summed E-state index contributed by atoms with van der Waals surface area (Å²) in [5.41, 5.74) is 1.63. The van der Waals surface area contributed by atoms with Crippen molar-refractivity contribution < 1.29 is 9.59 Å². The van der Waals surface area contributed by atoms with E-state index in [2.05, 4.69) is 22.5 Å². The molecule has 2 aliphatic rings. The van der Waals surface area contributed by atoms with Gasteiger partial charge in [0.2, 0.25) is 0 Å². The number of thioether (sulfide) groups is 1. The molecule has 1 unspecified atom stereocenters. The molecule has 1 aromatic carbocycles. The number of imide groups is 1. The second kappa shape index (κ2) is 4.70. The first kappa shape index (κ1) is 12.2. The number of amidine groups is 1. The van der Waals surface area contributed by atoms with Crippen molar-refractivity contribution in [1.82, 2.24) is 5.32 Å². The summed E-state index contributed by atoms with van der Waals surface area (Å²) in [6.45, 7) is 2.08. The minimum Gasteiger partial charge on any atom is -0.335 e. The van der Waals surface area contributed by atoms with Gasteiger partial charge < -0.3 is 5.32 Å². The molecule has 2 aliphatic heterocycles. The average Bonchev–Trinajstić information content (AvgIpc) is 2.65. The lowest BCUT2D eigenvalue weighted by atomic mass is 10.1. The fourth-order valence-corrected chi connectivity index (χ4v) is 3.16. The van der Waals surface area contributed by atoms with Crippen LogP contribution < -0.4 is 10.6 Å². The first-order chi connectivity index (χ1) is 9.13. The maximum Gasteiger partial charge on any atom is 0.259 e. The van der Waals surface area contributed by atoms with Gasteiger partial charge in [0, 0.05) is 11.4 Å². The Bertz CT molecular complexity index is 598. The lowest BCUT2D eigenvalue weighted by Gasteiger charge is -2.17. The summed E-state index contributed by atoms with van der Waals surface area (Å²) < 4.78 is 0. The Labute approximate surface area is 114 Å². The zero-order chi connectivity index (χ0) is 13.4. The molecule has 1 atom stereocenters. The van der Waals surface area contributed by atoms with E-state index in [0.717, 1.165) is 23.0 Å². The van der Waals surface area contributed by atoms with Crippen molar-refractivity contribution in [3.8, 4) is 0 Å². The molecule has 3 rings (SSSR count). The van der Waals surface area contributed by atoms with Gasteiger partial charge in [0.05, 0.1) is 17.2 Å². The number of nitrogens with one attached hydrogen (secondary N) is 2. The number of fused-ring (bicyclic) bond motifs is 1. The number of anilines is 1. The molecule has 2 N–H and O–H groups in total. The van der Waals surface area contributed by atoms with E-state index in [9.17, 15) is 9.59 Å². The molecular formula is C13H13N3O2S. The Morgan fingerprint density at radius 3 is 2.89 bits per heavy atom. The highest BCUT2D eigenvalue weighted by molar-refractivity contribution is 8.14. The summed E-state index contributed by atoms with van der Waals surface area (Å²) in [6.07, 6.45) is 1.08. The van der Waals surface area contributed by atoms with Gasteiger partial charge in [0.15, 0.2) is 5.17 Å². The maximum absolute atomic E-state index is 11.6. The van der Waals surface area contributed by atoms with Crippen LogP contribution in [0.2, 0.25) is 0 Å². The first-order valence-electron chi connectivity index (χ1n) is 6.11. The van der Waals surface area contributed by atoms with E-state index in [1.54, 1.807) is 30.0 Å². The predicted molar refractivity (Wildman–Crippen MR) is 75.8 cm³/mol. The first-order valence-corrected chi connectivity index (χ1v) is 7.09. The van der Waals surface area contributed by atoms with Gasteiger partial charge in [-0.25, -0.2) is 0 Å². The number of amides is 2. The molecule has 0 aromatic heterocycles. The van der Waals surface area contributed by atoms with Crippen LogP contribution in [0, 0.1) is 0 Å². The van der Waals surface area contributed by atoms with E-state index >= 15 is 0 Å². The van der Waals surface area contributed by atoms with Gasteiger partial charge in [-0.2, -0.15) is 0 Å². The number of nitrogens with zero attached hydrogens (tertiary/aromatic N) is 1. The van der Waals surface area contributed by atoms with Gasteiger partial charge in [-0.1, -0.05) is 11.8 Å². The largest absolute Gasteiger partial charge is 0.335 e. The van der Waals surface area contributed by atoms with Crippen LogP contribution in [0.25, 0.3) is 0 Å². The molecule has 98 valence electrons. The third kappa shape index (κ3) is 2.35. The number of hydrogen-bond donors (Lipinski definition) is 2. The van der Waals surface area contributed by atoms with Crippen LogP contribution in [-0.4, -0.2) is 28.8 Å². The monoisotopic (exact) mass is 275 g/mol. The van der Waals surface area contributed by atoms with E-state index in [1.165, 1.54) is 0 Å². The van der Waals surface area contributed by atoms with Crippen LogP contribution in [-0.2, 0) is 0 Å². The van der Waals surface area contributed by atoms with E-state index in [-0.39, 0.29) is 11.8 Å². The highest BCUT2D eigenvalue weighted by Crippen LogP contribution is 2.23. The summed E-state index contributed by atoms with van der Waals surface area (Å²) in [7, 11) is 0. The van der Waals surface area contributed by atoms with Crippen molar-refractivity contribution in [1.29, 1.82) is 0 Å². The zero-order valence-electron chi connectivity index (χ0n) is 10.4. The minimum absolute atomic E-state index is 0.322. The Hall–Kier alpha value is -1.82. The molecule has 0 aliphatic carbocycles. The Morgan fingerprint density at radius 1 is 1.32 bits per heavy atom. The smallest absolute Gasteiger partial charge is 0.259 e. The standard InChI is InChI=1S/C13H13N3O2S/c1-7-4-5-19-13(14-7)15-8-2-3-9-10(6-8)12(18)16-11(9)17/h2-3,6-7H,4-5H2,1H3,(H,14,15)(H,16,17,18). The van der Waals surface area contributed by atoms with Gasteiger partial charge in [-0.15, -0.1) is 0 Å². The molecule has 1 aromatic rings. The minimum atomic E-state index is -0.338. The molecule has 5 nitrogen and oxygen atoms in total. The molecule has 19 heavy (non-hydrogen) atoms. The maximum atomic E-state index is 11.6. The Kier molecular flexibility index (Phi) is 3.02. The fourth-order valence-electron chi connectivity index (χ4n) is 2.07. The van der Waals surface area contributed by atoms with Crippen molar-refractivity contribution >= 4 is 34.4 Å². The Balaban J connectivity index is 1.85. The van der Waals surface area contributed by atoms with Gasteiger partial charge in [-0.05, 0) is 31.5 Å². The van der Waals surface area contributed by atoms with Crippen LogP contribution in [0.1, 0.15) is 34.1 Å². The van der Waals surface area contributed by atoms with Crippen molar-refractivity contribution in [3.05, 3.63) is 29.3 Å². The van der Waals surface area contributed by atoms with Crippen LogP contribution in [0.5, 0.6) is 0 Å². The van der Waals surface area contributed by atoms with E-state index < -0.39 is 0 Å². The predicted octanol–water partition coefficient (Wildman–Crippen LogP) is 1.86. The third-order valence-corrected chi connectivity index (χ3v) is 4.02. The SMILES string of the molecule is CC1CCSC(Nc2ccc3c(c2)C(=O)NC3=O)=N1. The number of carbonyl (C=O) groups is 2. The molecule has 0 saturated carbocycles. The molecule has 0 spiro atoms. The Morgan fingerprint density at radius 2 is 2.11 bits per heavy atom. The second-order valence-corrected chi connectivity index (χ2v) is 5.67. The molecule has 0 radical (unpaired) electrons. The number of carbonyl (C=O) groups excluding carboxylic acids is 2. The molecule has 0 bridgehead atoms. The fraction of sp³-hybridized carbons (Fsp3) is 0.308. The zero-order valence-corrected chi connectivity index (χ0v) is 11.2. The van der Waals surface area contributed by atoms with Crippen molar-refractivity contribution in [2.75, 3.05) is 11.1 Å². The summed E-state index contributed by atoms with van der Waals surface area (Å²) in [5.74, 6) is 0.372. The second-order valence-electron chi connectivity index (χ2n) is 4.59. The quantitative estimate of drug-likeness (QED) is 0.768. The molecular weight excluding hydrogens is 262 g/mol. The summed E-state index contributed by atoms with van der Waals surface area (Å²) in [5, 5.41) is 6.34. The lowest BCUT2D eigenvalue weighted by Crippen LogP contribution is -2.20. The number of benzene rings is 1. The van der Waals surface area contributed by atoms with Crippen LogP contribution in [0.4, 0.5) is 5.69 Å². The molecule has 2 amide bonds. The van der Waals surface area contributed by atoms with Crippen LogP contribution >= 0.6 is 11.8 Å². The number of hydrogen-bond acceptors (Lipinski definition) is 5. The van der Waals surface area contributed by atoms with E-state index in [4.69, 9.17) is 0 Å². The number of rotatable bonds is 1. The van der Waals surface area contributed by atoms with Gasteiger partial charge in [0.25, 0.3) is 11.8 Å². The van der Waals surface area contributed by atoms with Crippen LogP contribution in [0.15, 0.2) is 23.2 Å². The third-order valence-electron chi connectivity index (χ3n) is 3.10. The topological polar surface area (TPSA) is 70.6 Å². The molecule has 6 heteroatoms. The molecule has 0 saturated heterocycles. The molecule has 0 fully saturated rings. The van der Waals surface area contributed by atoms with Gasteiger partial charge in [0.1, 0.15) is 0 Å². The highest BCUT2D eigenvalue weighted by atomic mass is 32.2. The molecule has 2 heterocycles. The highest BCUT2D eigenvalue weighted by Gasteiger charge is 2.26. The summed E-state index contributed by atoms with van der Waals surface area (Å²) >= 11 is 1.67. The van der Waals surface area contributed by atoms with Gasteiger partial charge >= 0.3 is 0 Å². The van der Waals surface area contributed by atoms with Crippen molar-refractivity contribution in [2.24, 2.45) is 4.99 Å². The lowest BCUT2D eigenvalue weighted by molar-refractivity contribution is 0.0879. The normalized spacial score (nSPS) is 21.7. The number of aliphatic imine (C=N–C) groups is 1. The van der Waals surface area contributed by atoms with E-state index in [0.29, 0.717) is 17.2 Å². The summed E-state index contributed by atoms with van der Waals surface area (Å²) in [6, 6.07) is 5.47. The van der Waals surface area contributed by atoms with Crippen molar-refractivity contribution in [2.45, 2.75) is 19.4 Å². The van der Waals surface area contributed by atoms with E-state index in [1.807, 2.05) is 0 Å². The average molecular weight is 275 g/mol. The van der Waals surface area contributed by atoms with Crippen LogP contribution in [0.3, 0.4) is 0 Å². The van der Waals surface area contributed by atoms with Crippen molar-refractivity contribution in [3.63, 3.8) is 0 Å².